The lowest BCUT2D eigenvalue weighted by Crippen LogP contribution is -2.28. The van der Waals surface area contributed by atoms with Crippen LogP contribution in [0.15, 0.2) is 30.6 Å². The van der Waals surface area contributed by atoms with Crippen LogP contribution in [0.2, 0.25) is 0 Å². The van der Waals surface area contributed by atoms with Crippen molar-refractivity contribution in [3.8, 4) is 11.8 Å². The van der Waals surface area contributed by atoms with Crippen LogP contribution in [-0.2, 0) is 7.05 Å². The first kappa shape index (κ1) is 14.0. The molecule has 0 aliphatic heterocycles. The number of benzene rings is 1. The standard InChI is InChI=1S/C14H15FN4O/c1-9(17)14(11-7-18-19(2)8-11)20-12-4-3-10(6-16)13(15)5-12/h3-5,7-9,14H,17H2,1-2H3. The van der Waals surface area contributed by atoms with Crippen LogP contribution in [-0.4, -0.2) is 15.8 Å². The zero-order chi connectivity index (χ0) is 14.7. The molecule has 2 unspecified atom stereocenters. The van der Waals surface area contributed by atoms with E-state index in [9.17, 15) is 4.39 Å². The lowest BCUT2D eigenvalue weighted by atomic mass is 10.1. The average Bonchev–Trinajstić information content (AvgIpc) is 2.82. The molecule has 6 heteroatoms. The van der Waals surface area contributed by atoms with E-state index >= 15 is 0 Å². The first-order valence-corrected chi connectivity index (χ1v) is 6.11. The minimum atomic E-state index is -0.611. The zero-order valence-electron chi connectivity index (χ0n) is 11.2. The fraction of sp³-hybridized carbons (Fsp3) is 0.286. The van der Waals surface area contributed by atoms with Gasteiger partial charge in [0.05, 0.1) is 11.8 Å². The van der Waals surface area contributed by atoms with Gasteiger partial charge in [0.15, 0.2) is 0 Å². The number of nitriles is 1. The summed E-state index contributed by atoms with van der Waals surface area (Å²) in [6, 6.07) is 5.59. The Bertz CT molecular complexity index is 645. The van der Waals surface area contributed by atoms with Gasteiger partial charge in [-0.15, -0.1) is 0 Å². The summed E-state index contributed by atoms with van der Waals surface area (Å²) >= 11 is 0. The lowest BCUT2D eigenvalue weighted by Gasteiger charge is -2.21. The Morgan fingerprint density at radius 3 is 2.75 bits per heavy atom. The van der Waals surface area contributed by atoms with Crippen LogP contribution < -0.4 is 10.5 Å². The Balaban J connectivity index is 2.25. The molecule has 0 bridgehead atoms. The molecule has 0 radical (unpaired) electrons. The van der Waals surface area contributed by atoms with Crippen molar-refractivity contribution in [3.05, 3.63) is 47.5 Å². The van der Waals surface area contributed by atoms with E-state index < -0.39 is 11.9 Å². The summed E-state index contributed by atoms with van der Waals surface area (Å²) in [5.41, 5.74) is 6.71. The maximum Gasteiger partial charge on any atom is 0.144 e. The molecule has 0 amide bonds. The zero-order valence-corrected chi connectivity index (χ0v) is 11.2. The number of halogens is 1. The van der Waals surface area contributed by atoms with Gasteiger partial charge in [0, 0.05) is 30.9 Å². The van der Waals surface area contributed by atoms with E-state index in [0.717, 1.165) is 5.56 Å². The third-order valence-corrected chi connectivity index (χ3v) is 2.85. The second-order valence-electron chi connectivity index (χ2n) is 4.60. The number of hydrogen-bond acceptors (Lipinski definition) is 4. The number of aromatic nitrogens is 2. The van der Waals surface area contributed by atoms with Crippen LogP contribution in [0.3, 0.4) is 0 Å². The minimum Gasteiger partial charge on any atom is -0.484 e. The summed E-state index contributed by atoms with van der Waals surface area (Å²) in [5, 5.41) is 12.8. The highest BCUT2D eigenvalue weighted by molar-refractivity contribution is 5.36. The van der Waals surface area contributed by atoms with Crippen LogP contribution in [0.25, 0.3) is 0 Å². The summed E-state index contributed by atoms with van der Waals surface area (Å²) in [7, 11) is 1.79. The summed E-state index contributed by atoms with van der Waals surface area (Å²) in [6.45, 7) is 1.80. The summed E-state index contributed by atoms with van der Waals surface area (Å²) in [6.07, 6.45) is 3.03. The molecule has 2 aromatic rings. The largest absolute Gasteiger partial charge is 0.484 e. The van der Waals surface area contributed by atoms with Gasteiger partial charge in [0.1, 0.15) is 23.7 Å². The summed E-state index contributed by atoms with van der Waals surface area (Å²) in [5.74, 6) is -0.285. The third-order valence-electron chi connectivity index (χ3n) is 2.85. The average molecular weight is 274 g/mol. The van der Waals surface area contributed by atoms with Crippen molar-refractivity contribution in [2.75, 3.05) is 0 Å². The number of aryl methyl sites for hydroxylation is 1. The van der Waals surface area contributed by atoms with Crippen molar-refractivity contribution in [1.82, 2.24) is 9.78 Å². The molecule has 104 valence electrons. The number of ether oxygens (including phenoxy) is 1. The normalized spacial score (nSPS) is 13.6. The van der Waals surface area contributed by atoms with Crippen LogP contribution in [0.1, 0.15) is 24.2 Å². The van der Waals surface area contributed by atoms with E-state index in [2.05, 4.69) is 5.10 Å². The third kappa shape index (κ3) is 2.95. The highest BCUT2D eigenvalue weighted by Gasteiger charge is 2.20. The molecule has 1 aromatic heterocycles. The maximum atomic E-state index is 13.6. The van der Waals surface area contributed by atoms with E-state index in [1.54, 1.807) is 43.2 Å². The van der Waals surface area contributed by atoms with E-state index in [1.165, 1.54) is 12.1 Å². The van der Waals surface area contributed by atoms with Gasteiger partial charge in [-0.05, 0) is 19.1 Å². The molecule has 0 saturated heterocycles. The molecule has 5 nitrogen and oxygen atoms in total. The Hall–Kier alpha value is -2.39. The molecular formula is C14H15FN4O. The van der Waals surface area contributed by atoms with E-state index in [-0.39, 0.29) is 11.6 Å². The van der Waals surface area contributed by atoms with Gasteiger partial charge in [-0.2, -0.15) is 10.4 Å². The molecule has 0 aliphatic rings. The highest BCUT2D eigenvalue weighted by Crippen LogP contribution is 2.25. The lowest BCUT2D eigenvalue weighted by molar-refractivity contribution is 0.179. The van der Waals surface area contributed by atoms with Gasteiger partial charge >= 0.3 is 0 Å². The Morgan fingerprint density at radius 2 is 2.25 bits per heavy atom. The monoisotopic (exact) mass is 274 g/mol. The molecular weight excluding hydrogens is 259 g/mol. The van der Waals surface area contributed by atoms with Gasteiger partial charge < -0.3 is 10.5 Å². The second-order valence-corrected chi connectivity index (χ2v) is 4.60. The van der Waals surface area contributed by atoms with Crippen molar-refractivity contribution in [2.45, 2.75) is 19.1 Å². The molecule has 0 spiro atoms. The first-order valence-electron chi connectivity index (χ1n) is 6.11. The molecule has 2 rings (SSSR count). The highest BCUT2D eigenvalue weighted by atomic mass is 19.1. The molecule has 2 atom stereocenters. The Morgan fingerprint density at radius 1 is 1.50 bits per heavy atom. The van der Waals surface area contributed by atoms with Gasteiger partial charge in [-0.1, -0.05) is 0 Å². The van der Waals surface area contributed by atoms with Crippen molar-refractivity contribution >= 4 is 0 Å². The second kappa shape index (κ2) is 5.72. The predicted molar refractivity (Wildman–Crippen MR) is 71.3 cm³/mol. The molecule has 20 heavy (non-hydrogen) atoms. The van der Waals surface area contributed by atoms with Crippen molar-refractivity contribution in [1.29, 1.82) is 5.26 Å². The predicted octanol–water partition coefficient (Wildman–Crippen LogP) is 1.90. The fourth-order valence-electron chi connectivity index (χ4n) is 1.87. The van der Waals surface area contributed by atoms with Crippen molar-refractivity contribution in [2.24, 2.45) is 12.8 Å². The Labute approximate surface area is 116 Å². The molecule has 1 aromatic carbocycles. The number of nitrogens with two attached hydrogens (primary N) is 1. The van der Waals surface area contributed by atoms with Crippen LogP contribution >= 0.6 is 0 Å². The van der Waals surface area contributed by atoms with Crippen LogP contribution in [0.5, 0.6) is 5.75 Å². The van der Waals surface area contributed by atoms with E-state index in [1.807, 2.05) is 0 Å². The minimum absolute atomic E-state index is 0.0175. The summed E-state index contributed by atoms with van der Waals surface area (Å²) < 4.78 is 20.9. The van der Waals surface area contributed by atoms with E-state index in [0.29, 0.717) is 5.75 Å². The van der Waals surface area contributed by atoms with Crippen molar-refractivity contribution < 1.29 is 9.13 Å². The molecule has 0 saturated carbocycles. The summed E-state index contributed by atoms with van der Waals surface area (Å²) in [4.78, 5) is 0. The molecule has 0 aliphatic carbocycles. The topological polar surface area (TPSA) is 76.9 Å². The van der Waals surface area contributed by atoms with Gasteiger partial charge in [-0.25, -0.2) is 4.39 Å². The molecule has 0 fully saturated rings. The Kier molecular flexibility index (Phi) is 4.01. The first-order chi connectivity index (χ1) is 9.51. The van der Waals surface area contributed by atoms with E-state index in [4.69, 9.17) is 15.7 Å². The van der Waals surface area contributed by atoms with Crippen LogP contribution in [0.4, 0.5) is 4.39 Å². The molecule has 1 heterocycles. The van der Waals surface area contributed by atoms with Gasteiger partial charge in [0.2, 0.25) is 0 Å². The van der Waals surface area contributed by atoms with Crippen molar-refractivity contribution in [3.63, 3.8) is 0 Å². The number of rotatable bonds is 4. The SMILES string of the molecule is CC(N)C(Oc1ccc(C#N)c(F)c1)c1cnn(C)c1. The van der Waals surface area contributed by atoms with Gasteiger partial charge in [-0.3, -0.25) is 4.68 Å². The quantitative estimate of drug-likeness (QED) is 0.923. The van der Waals surface area contributed by atoms with Gasteiger partial charge in [0.25, 0.3) is 0 Å². The maximum absolute atomic E-state index is 13.6. The number of hydrogen-bond donors (Lipinski definition) is 1. The van der Waals surface area contributed by atoms with Crippen LogP contribution in [0, 0.1) is 17.1 Å². The smallest absolute Gasteiger partial charge is 0.144 e. The molecule has 2 N–H and O–H groups in total. The fourth-order valence-corrected chi connectivity index (χ4v) is 1.87. The number of nitrogens with zero attached hydrogens (tertiary/aromatic N) is 3.